The van der Waals surface area contributed by atoms with Gasteiger partial charge in [-0.1, -0.05) is 44.2 Å². The SMILES string of the molecule is CC.O=C1CCC2(CC2)N1Cc1ccccc1. The molecule has 2 heteroatoms. The molecule has 0 aromatic heterocycles. The summed E-state index contributed by atoms with van der Waals surface area (Å²) in [5, 5.41) is 0. The summed E-state index contributed by atoms with van der Waals surface area (Å²) in [6.07, 6.45) is 4.27. The van der Waals surface area contributed by atoms with Gasteiger partial charge in [-0.3, -0.25) is 4.79 Å². The predicted octanol–water partition coefficient (Wildman–Crippen LogP) is 3.37. The molecule has 1 aliphatic carbocycles. The third kappa shape index (κ3) is 2.36. The fraction of sp³-hybridized carbons (Fsp3) is 0.533. The van der Waals surface area contributed by atoms with Crippen LogP contribution >= 0.6 is 0 Å². The molecule has 0 N–H and O–H groups in total. The number of carbonyl (C=O) groups excluding carboxylic acids is 1. The maximum Gasteiger partial charge on any atom is 0.223 e. The van der Waals surface area contributed by atoms with E-state index in [1.165, 1.54) is 18.4 Å². The van der Waals surface area contributed by atoms with E-state index in [9.17, 15) is 4.79 Å². The van der Waals surface area contributed by atoms with Gasteiger partial charge in [0.1, 0.15) is 0 Å². The first-order valence-electron chi connectivity index (χ1n) is 6.65. The molecule has 0 bridgehead atoms. The minimum atomic E-state index is 0.271. The van der Waals surface area contributed by atoms with Gasteiger partial charge >= 0.3 is 0 Å². The van der Waals surface area contributed by atoms with Crippen molar-refractivity contribution in [1.82, 2.24) is 4.90 Å². The summed E-state index contributed by atoms with van der Waals surface area (Å²) in [5.74, 6) is 0.344. The van der Waals surface area contributed by atoms with E-state index in [-0.39, 0.29) is 5.54 Å². The Hall–Kier alpha value is -1.31. The van der Waals surface area contributed by atoms with Crippen LogP contribution in [0.1, 0.15) is 45.1 Å². The zero-order valence-electron chi connectivity index (χ0n) is 10.8. The second-order valence-electron chi connectivity index (χ2n) is 4.69. The van der Waals surface area contributed by atoms with Gasteiger partial charge in [0.2, 0.25) is 5.91 Å². The number of carbonyl (C=O) groups is 1. The van der Waals surface area contributed by atoms with Crippen LogP contribution in [-0.4, -0.2) is 16.3 Å². The summed E-state index contributed by atoms with van der Waals surface area (Å²) in [6.45, 7) is 4.81. The van der Waals surface area contributed by atoms with Crippen LogP contribution in [0, 0.1) is 0 Å². The van der Waals surface area contributed by atoms with E-state index in [4.69, 9.17) is 0 Å². The molecule has 3 rings (SSSR count). The van der Waals surface area contributed by atoms with E-state index in [0.29, 0.717) is 5.91 Å². The lowest BCUT2D eigenvalue weighted by Crippen LogP contribution is -2.33. The van der Waals surface area contributed by atoms with Gasteiger partial charge in [0.15, 0.2) is 0 Å². The lowest BCUT2D eigenvalue weighted by molar-refractivity contribution is -0.130. The van der Waals surface area contributed by atoms with Crippen molar-refractivity contribution >= 4 is 5.91 Å². The molecule has 2 aliphatic rings. The molecule has 0 radical (unpaired) electrons. The van der Waals surface area contributed by atoms with E-state index in [1.807, 2.05) is 32.0 Å². The van der Waals surface area contributed by atoms with Crippen molar-refractivity contribution in [2.75, 3.05) is 0 Å². The van der Waals surface area contributed by atoms with Crippen LogP contribution in [0.3, 0.4) is 0 Å². The van der Waals surface area contributed by atoms with Crippen molar-refractivity contribution < 1.29 is 4.79 Å². The first-order chi connectivity index (χ1) is 8.30. The van der Waals surface area contributed by atoms with Gasteiger partial charge in [-0.25, -0.2) is 0 Å². The number of benzene rings is 1. The third-order valence-electron chi connectivity index (χ3n) is 3.69. The van der Waals surface area contributed by atoms with E-state index < -0.39 is 0 Å². The molecule has 0 atom stereocenters. The second kappa shape index (κ2) is 4.91. The molecule has 1 amide bonds. The molecular formula is C15H21NO. The van der Waals surface area contributed by atoms with E-state index in [2.05, 4.69) is 17.0 Å². The van der Waals surface area contributed by atoms with E-state index in [0.717, 1.165) is 19.4 Å². The van der Waals surface area contributed by atoms with Crippen molar-refractivity contribution in [1.29, 1.82) is 0 Å². The van der Waals surface area contributed by atoms with Gasteiger partial charge in [0, 0.05) is 18.5 Å². The standard InChI is InChI=1S/C13H15NO.C2H6/c15-12-6-7-13(8-9-13)14(12)10-11-4-2-1-3-5-11;1-2/h1-5H,6-10H2;1-2H3. The fourth-order valence-corrected chi connectivity index (χ4v) is 2.56. The first kappa shape index (κ1) is 12.2. The van der Waals surface area contributed by atoms with Gasteiger partial charge in [-0.05, 0) is 24.8 Å². The Bertz CT molecular complexity index is 381. The van der Waals surface area contributed by atoms with Crippen molar-refractivity contribution in [2.45, 2.75) is 51.6 Å². The number of hydrogen-bond donors (Lipinski definition) is 0. The molecule has 92 valence electrons. The molecule has 2 fully saturated rings. The zero-order valence-corrected chi connectivity index (χ0v) is 10.8. The summed E-state index contributed by atoms with van der Waals surface area (Å²) >= 11 is 0. The Morgan fingerprint density at radius 2 is 1.76 bits per heavy atom. The normalized spacial score (nSPS) is 20.1. The summed E-state index contributed by atoms with van der Waals surface area (Å²) in [7, 11) is 0. The Kier molecular flexibility index (Phi) is 3.51. The van der Waals surface area contributed by atoms with Crippen LogP contribution in [0.15, 0.2) is 30.3 Å². The maximum atomic E-state index is 11.8. The third-order valence-corrected chi connectivity index (χ3v) is 3.69. The lowest BCUT2D eigenvalue weighted by atomic mass is 10.1. The molecule has 1 aromatic rings. The Labute approximate surface area is 104 Å². The number of rotatable bonds is 2. The van der Waals surface area contributed by atoms with Crippen LogP contribution < -0.4 is 0 Å². The van der Waals surface area contributed by atoms with Crippen LogP contribution in [0.5, 0.6) is 0 Å². The summed E-state index contributed by atoms with van der Waals surface area (Å²) < 4.78 is 0. The average Bonchev–Trinajstić information content (AvgIpc) is 3.11. The van der Waals surface area contributed by atoms with Gasteiger partial charge in [0.05, 0.1) is 0 Å². The quantitative estimate of drug-likeness (QED) is 0.764. The maximum absolute atomic E-state index is 11.8. The van der Waals surface area contributed by atoms with Gasteiger partial charge in [0.25, 0.3) is 0 Å². The number of nitrogens with zero attached hydrogens (tertiary/aromatic N) is 1. The zero-order chi connectivity index (χ0) is 12.3. The predicted molar refractivity (Wildman–Crippen MR) is 69.5 cm³/mol. The minimum absolute atomic E-state index is 0.271. The number of amides is 1. The molecule has 1 saturated heterocycles. The minimum Gasteiger partial charge on any atom is -0.333 e. The molecule has 1 aliphatic heterocycles. The molecular weight excluding hydrogens is 210 g/mol. The van der Waals surface area contributed by atoms with E-state index >= 15 is 0 Å². The topological polar surface area (TPSA) is 20.3 Å². The number of hydrogen-bond acceptors (Lipinski definition) is 1. The molecule has 1 spiro atoms. The summed E-state index contributed by atoms with van der Waals surface area (Å²) in [5.41, 5.74) is 1.52. The van der Waals surface area contributed by atoms with Gasteiger partial charge in [-0.15, -0.1) is 0 Å². The fourth-order valence-electron chi connectivity index (χ4n) is 2.56. The molecule has 2 nitrogen and oxygen atoms in total. The lowest BCUT2D eigenvalue weighted by Gasteiger charge is -2.24. The highest BCUT2D eigenvalue weighted by atomic mass is 16.2. The van der Waals surface area contributed by atoms with Crippen LogP contribution in [-0.2, 0) is 11.3 Å². The average molecular weight is 231 g/mol. The molecule has 17 heavy (non-hydrogen) atoms. The first-order valence-corrected chi connectivity index (χ1v) is 6.65. The molecule has 1 saturated carbocycles. The van der Waals surface area contributed by atoms with Gasteiger partial charge < -0.3 is 4.90 Å². The smallest absolute Gasteiger partial charge is 0.223 e. The van der Waals surface area contributed by atoms with Gasteiger partial charge in [-0.2, -0.15) is 0 Å². The van der Waals surface area contributed by atoms with Crippen molar-refractivity contribution in [3.63, 3.8) is 0 Å². The highest BCUT2D eigenvalue weighted by Gasteiger charge is 2.53. The monoisotopic (exact) mass is 231 g/mol. The molecule has 0 unspecified atom stereocenters. The Morgan fingerprint density at radius 3 is 2.35 bits per heavy atom. The molecule has 1 heterocycles. The Morgan fingerprint density at radius 1 is 1.12 bits per heavy atom. The van der Waals surface area contributed by atoms with Crippen molar-refractivity contribution in [2.24, 2.45) is 0 Å². The van der Waals surface area contributed by atoms with E-state index in [1.54, 1.807) is 0 Å². The summed E-state index contributed by atoms with van der Waals surface area (Å²) in [4.78, 5) is 13.9. The van der Waals surface area contributed by atoms with Crippen molar-refractivity contribution in [3.8, 4) is 0 Å². The second-order valence-corrected chi connectivity index (χ2v) is 4.69. The highest BCUT2D eigenvalue weighted by molar-refractivity contribution is 5.80. The van der Waals surface area contributed by atoms with Crippen molar-refractivity contribution in [3.05, 3.63) is 35.9 Å². The largest absolute Gasteiger partial charge is 0.333 e. The van der Waals surface area contributed by atoms with Crippen LogP contribution in [0.25, 0.3) is 0 Å². The summed E-state index contributed by atoms with van der Waals surface area (Å²) in [6, 6.07) is 10.3. The van der Waals surface area contributed by atoms with Crippen LogP contribution in [0.2, 0.25) is 0 Å². The Balaban J connectivity index is 0.000000514. The number of likely N-dealkylation sites (tertiary alicyclic amines) is 1. The van der Waals surface area contributed by atoms with Crippen LogP contribution in [0.4, 0.5) is 0 Å². The highest BCUT2D eigenvalue weighted by Crippen LogP contribution is 2.50. The molecule has 1 aromatic carbocycles.